The van der Waals surface area contributed by atoms with Crippen LogP contribution in [0, 0.1) is 0 Å². The molecular formula is C25H30N4O2. The molecular weight excluding hydrogens is 388 g/mol. The Balaban J connectivity index is 1.67. The van der Waals surface area contributed by atoms with Crippen LogP contribution >= 0.6 is 0 Å². The normalized spacial score (nSPS) is 10.7. The number of rotatable bonds is 9. The highest BCUT2D eigenvalue weighted by atomic mass is 16.2. The lowest BCUT2D eigenvalue weighted by Crippen LogP contribution is -2.31. The molecule has 0 atom stereocenters. The van der Waals surface area contributed by atoms with E-state index in [1.165, 1.54) is 0 Å². The highest BCUT2D eigenvalue weighted by Crippen LogP contribution is 2.16. The van der Waals surface area contributed by atoms with Gasteiger partial charge in [0.25, 0.3) is 5.91 Å². The third-order valence-electron chi connectivity index (χ3n) is 5.39. The predicted octanol–water partition coefficient (Wildman–Crippen LogP) is 4.16. The van der Waals surface area contributed by atoms with Gasteiger partial charge in [0.2, 0.25) is 5.91 Å². The molecule has 0 saturated heterocycles. The number of aromatic nitrogens is 2. The first-order chi connectivity index (χ1) is 15.0. The smallest absolute Gasteiger partial charge is 0.259 e. The van der Waals surface area contributed by atoms with Crippen LogP contribution in [0.3, 0.4) is 0 Å². The quantitative estimate of drug-likeness (QED) is 0.567. The third kappa shape index (κ3) is 5.60. The van der Waals surface area contributed by atoms with E-state index in [0.717, 1.165) is 16.8 Å². The maximum Gasteiger partial charge on any atom is 0.259 e. The molecule has 162 valence electrons. The van der Waals surface area contributed by atoms with Crippen LogP contribution in [0.1, 0.15) is 48.0 Å². The van der Waals surface area contributed by atoms with E-state index in [4.69, 9.17) is 0 Å². The number of anilines is 1. The number of carbonyl (C=O) groups is 2. The number of nitrogens with zero attached hydrogens (tertiary/aromatic N) is 3. The number of benzene rings is 2. The van der Waals surface area contributed by atoms with Crippen molar-refractivity contribution in [3.63, 3.8) is 0 Å². The molecule has 0 spiro atoms. The van der Waals surface area contributed by atoms with E-state index >= 15 is 0 Å². The molecule has 6 heteroatoms. The van der Waals surface area contributed by atoms with Gasteiger partial charge in [0, 0.05) is 18.8 Å². The first-order valence-electron chi connectivity index (χ1n) is 10.8. The fourth-order valence-corrected chi connectivity index (χ4v) is 3.63. The maximum atomic E-state index is 12.9. The van der Waals surface area contributed by atoms with Gasteiger partial charge in [-0.25, -0.2) is 0 Å². The van der Waals surface area contributed by atoms with Gasteiger partial charge >= 0.3 is 0 Å². The van der Waals surface area contributed by atoms with E-state index in [2.05, 4.69) is 10.4 Å². The molecule has 1 aromatic heterocycles. The number of carbonyl (C=O) groups excluding carboxylic acids is 2. The highest BCUT2D eigenvalue weighted by Gasteiger charge is 2.17. The molecule has 0 bridgehead atoms. The minimum atomic E-state index is -0.178. The summed E-state index contributed by atoms with van der Waals surface area (Å²) in [4.78, 5) is 27.0. The Bertz CT molecular complexity index is 1010. The molecule has 2 aromatic carbocycles. The monoisotopic (exact) mass is 418 g/mol. The summed E-state index contributed by atoms with van der Waals surface area (Å²) in [6.45, 7) is 8.03. The number of amides is 2. The Hall–Kier alpha value is -3.41. The van der Waals surface area contributed by atoms with Crippen LogP contribution in [-0.2, 0) is 24.2 Å². The second-order valence-electron chi connectivity index (χ2n) is 7.40. The van der Waals surface area contributed by atoms with Crippen molar-refractivity contribution >= 4 is 17.5 Å². The van der Waals surface area contributed by atoms with Gasteiger partial charge in [0.1, 0.15) is 0 Å². The predicted molar refractivity (Wildman–Crippen MR) is 123 cm³/mol. The SMILES string of the molecule is CCc1c(C(=O)Nc2ccc(CC(=O)N(CC)CC)cc2)cnn1Cc1ccccc1. The lowest BCUT2D eigenvalue weighted by molar-refractivity contribution is -0.130. The Morgan fingerprint density at radius 1 is 0.935 bits per heavy atom. The first-order valence-corrected chi connectivity index (χ1v) is 10.8. The second-order valence-corrected chi connectivity index (χ2v) is 7.40. The van der Waals surface area contributed by atoms with Crippen LogP contribution in [0.25, 0.3) is 0 Å². The van der Waals surface area contributed by atoms with Crippen LogP contribution in [0.15, 0.2) is 60.8 Å². The van der Waals surface area contributed by atoms with Crippen LogP contribution in [-0.4, -0.2) is 39.6 Å². The largest absolute Gasteiger partial charge is 0.343 e. The average molecular weight is 419 g/mol. The summed E-state index contributed by atoms with van der Waals surface area (Å²) in [6, 6.07) is 17.5. The van der Waals surface area contributed by atoms with Crippen LogP contribution in [0.2, 0.25) is 0 Å². The van der Waals surface area contributed by atoms with E-state index in [0.29, 0.717) is 43.7 Å². The first kappa shape index (κ1) is 22.3. The summed E-state index contributed by atoms with van der Waals surface area (Å²) in [5.74, 6) is -0.0664. The zero-order valence-electron chi connectivity index (χ0n) is 18.5. The third-order valence-corrected chi connectivity index (χ3v) is 5.39. The molecule has 6 nitrogen and oxygen atoms in total. The molecule has 1 N–H and O–H groups in total. The summed E-state index contributed by atoms with van der Waals surface area (Å²) in [5, 5.41) is 7.39. The number of hydrogen-bond donors (Lipinski definition) is 1. The highest BCUT2D eigenvalue weighted by molar-refractivity contribution is 6.05. The van der Waals surface area contributed by atoms with E-state index in [9.17, 15) is 9.59 Å². The molecule has 1 heterocycles. The van der Waals surface area contributed by atoms with Gasteiger partial charge in [-0.2, -0.15) is 5.10 Å². The van der Waals surface area contributed by atoms with Crippen molar-refractivity contribution in [3.05, 3.63) is 83.2 Å². The topological polar surface area (TPSA) is 67.2 Å². The van der Waals surface area contributed by atoms with E-state index in [1.807, 2.05) is 85.0 Å². The molecule has 3 rings (SSSR count). The van der Waals surface area contributed by atoms with Gasteiger partial charge in [-0.3, -0.25) is 14.3 Å². The van der Waals surface area contributed by atoms with E-state index in [-0.39, 0.29) is 11.8 Å². The van der Waals surface area contributed by atoms with Crippen molar-refractivity contribution in [2.75, 3.05) is 18.4 Å². The molecule has 0 fully saturated rings. The molecule has 0 aliphatic rings. The van der Waals surface area contributed by atoms with Crippen molar-refractivity contribution in [1.82, 2.24) is 14.7 Å². The van der Waals surface area contributed by atoms with Crippen LogP contribution < -0.4 is 5.32 Å². The fourth-order valence-electron chi connectivity index (χ4n) is 3.63. The van der Waals surface area contributed by atoms with Crippen LogP contribution in [0.5, 0.6) is 0 Å². The standard InChI is InChI=1S/C25H30N4O2/c1-4-23-22(17-26-29(23)18-20-10-8-7-9-11-20)25(31)27-21-14-12-19(13-15-21)16-24(30)28(5-2)6-3/h7-15,17H,4-6,16,18H2,1-3H3,(H,27,31). The van der Waals surface area contributed by atoms with Gasteiger partial charge in [0.05, 0.1) is 30.4 Å². The van der Waals surface area contributed by atoms with E-state index < -0.39 is 0 Å². The van der Waals surface area contributed by atoms with Gasteiger partial charge in [-0.15, -0.1) is 0 Å². The van der Waals surface area contributed by atoms with Gasteiger partial charge < -0.3 is 10.2 Å². The Labute approximate surface area is 183 Å². The molecule has 31 heavy (non-hydrogen) atoms. The molecule has 2 amide bonds. The summed E-state index contributed by atoms with van der Waals surface area (Å²) in [7, 11) is 0. The summed E-state index contributed by atoms with van der Waals surface area (Å²) >= 11 is 0. The number of nitrogens with one attached hydrogen (secondary N) is 1. The summed E-state index contributed by atoms with van der Waals surface area (Å²) < 4.78 is 1.88. The van der Waals surface area contributed by atoms with Gasteiger partial charge in [-0.05, 0) is 43.5 Å². The van der Waals surface area contributed by atoms with E-state index in [1.54, 1.807) is 6.20 Å². The zero-order chi connectivity index (χ0) is 22.2. The minimum absolute atomic E-state index is 0.111. The average Bonchev–Trinajstić information content (AvgIpc) is 3.19. The molecule has 0 radical (unpaired) electrons. The second kappa shape index (κ2) is 10.6. The van der Waals surface area contributed by atoms with Crippen LogP contribution in [0.4, 0.5) is 5.69 Å². The lowest BCUT2D eigenvalue weighted by atomic mass is 10.1. The Morgan fingerprint density at radius 3 is 2.23 bits per heavy atom. The van der Waals surface area contributed by atoms with Crippen molar-refractivity contribution in [1.29, 1.82) is 0 Å². The number of likely N-dealkylation sites (N-methyl/N-ethyl adjacent to an activating group) is 1. The summed E-state index contributed by atoms with van der Waals surface area (Å²) in [5.41, 5.74) is 4.26. The fraction of sp³-hybridized carbons (Fsp3) is 0.320. The van der Waals surface area contributed by atoms with Gasteiger partial charge in [0.15, 0.2) is 0 Å². The Morgan fingerprint density at radius 2 is 1.61 bits per heavy atom. The maximum absolute atomic E-state index is 12.9. The van der Waals surface area contributed by atoms with Gasteiger partial charge in [-0.1, -0.05) is 49.4 Å². The molecule has 0 unspecified atom stereocenters. The zero-order valence-corrected chi connectivity index (χ0v) is 18.5. The number of hydrogen-bond acceptors (Lipinski definition) is 3. The van der Waals surface area contributed by atoms with Crippen molar-refractivity contribution in [2.24, 2.45) is 0 Å². The Kier molecular flexibility index (Phi) is 7.60. The molecule has 0 aliphatic carbocycles. The minimum Gasteiger partial charge on any atom is -0.343 e. The van der Waals surface area contributed by atoms with Crippen molar-refractivity contribution < 1.29 is 9.59 Å². The molecule has 3 aromatic rings. The van der Waals surface area contributed by atoms with Crippen molar-refractivity contribution in [3.8, 4) is 0 Å². The van der Waals surface area contributed by atoms with Crippen molar-refractivity contribution in [2.45, 2.75) is 40.2 Å². The molecule has 0 aliphatic heterocycles. The lowest BCUT2D eigenvalue weighted by Gasteiger charge is -2.18. The summed E-state index contributed by atoms with van der Waals surface area (Å²) in [6.07, 6.45) is 2.71. The molecule has 0 saturated carbocycles.